The second kappa shape index (κ2) is 5.61. The van der Waals surface area contributed by atoms with E-state index in [4.69, 9.17) is 16.3 Å². The molecule has 0 aliphatic rings. The Morgan fingerprint density at radius 2 is 2.44 bits per heavy atom. The minimum Gasteiger partial charge on any atom is -0.392 e. The summed E-state index contributed by atoms with van der Waals surface area (Å²) in [6.07, 6.45) is 5.60. The lowest BCUT2D eigenvalue weighted by Gasteiger charge is -2.03. The predicted octanol–water partition coefficient (Wildman–Crippen LogP) is 0.407. The summed E-state index contributed by atoms with van der Waals surface area (Å²) < 4.78 is 4.73. The number of hydrogen-bond donors (Lipinski definition) is 1. The Bertz CT molecular complexity index is 93.6. The monoisotopic (exact) mass is 128 g/mol. The minimum absolute atomic E-state index is 0.394. The highest BCUT2D eigenvalue weighted by molar-refractivity contribution is 4.86. The molecule has 0 amide bonds. The van der Waals surface area contributed by atoms with Crippen molar-refractivity contribution in [1.29, 1.82) is 0 Å². The molecule has 2 heteroatoms. The number of terminal acetylenes is 1. The first-order valence-electron chi connectivity index (χ1n) is 2.91. The quantitative estimate of drug-likeness (QED) is 0.555. The normalized spacial score (nSPS) is 12.6. The molecule has 1 N–H and O–H groups in total. The van der Waals surface area contributed by atoms with Crippen LogP contribution in [0.2, 0.25) is 0 Å². The smallest absolute Gasteiger partial charge is 0.0671 e. The number of hydrogen-bond acceptors (Lipinski definition) is 2. The molecule has 0 saturated heterocycles. The molecule has 0 aliphatic heterocycles. The summed E-state index contributed by atoms with van der Waals surface area (Å²) in [5, 5.41) is 8.96. The van der Waals surface area contributed by atoms with Crippen molar-refractivity contribution in [2.75, 3.05) is 13.7 Å². The molecule has 9 heavy (non-hydrogen) atoms. The van der Waals surface area contributed by atoms with Crippen molar-refractivity contribution in [3.63, 3.8) is 0 Å². The van der Waals surface area contributed by atoms with Crippen molar-refractivity contribution in [1.82, 2.24) is 0 Å². The van der Waals surface area contributed by atoms with Crippen LogP contribution in [0.15, 0.2) is 0 Å². The summed E-state index contributed by atoms with van der Waals surface area (Å²) in [5.41, 5.74) is 0. The van der Waals surface area contributed by atoms with Gasteiger partial charge < -0.3 is 9.84 Å². The average molecular weight is 128 g/mol. The zero-order valence-corrected chi connectivity index (χ0v) is 5.63. The van der Waals surface area contributed by atoms with E-state index in [0.717, 1.165) is 0 Å². The van der Waals surface area contributed by atoms with E-state index in [0.29, 0.717) is 19.4 Å². The summed E-state index contributed by atoms with van der Waals surface area (Å²) in [4.78, 5) is 0. The van der Waals surface area contributed by atoms with Gasteiger partial charge in [0.2, 0.25) is 0 Å². The third-order valence-electron chi connectivity index (χ3n) is 1.01. The standard InChI is InChI=1S/C7H12O2/c1-3-4-7(8)5-6-9-2/h1,7-8H,4-6H2,2H3. The van der Waals surface area contributed by atoms with Crippen molar-refractivity contribution >= 4 is 0 Å². The molecule has 0 aromatic carbocycles. The van der Waals surface area contributed by atoms with E-state index in [1.54, 1.807) is 7.11 Å². The van der Waals surface area contributed by atoms with Crippen molar-refractivity contribution < 1.29 is 9.84 Å². The van der Waals surface area contributed by atoms with Crippen LogP contribution in [0.25, 0.3) is 0 Å². The van der Waals surface area contributed by atoms with E-state index in [1.165, 1.54) is 0 Å². The summed E-state index contributed by atoms with van der Waals surface area (Å²) in [5.74, 6) is 2.37. The molecule has 0 aromatic rings. The first-order valence-corrected chi connectivity index (χ1v) is 2.91. The van der Waals surface area contributed by atoms with Gasteiger partial charge in [0.1, 0.15) is 0 Å². The highest BCUT2D eigenvalue weighted by Gasteiger charge is 1.98. The van der Waals surface area contributed by atoms with E-state index >= 15 is 0 Å². The Labute approximate surface area is 55.8 Å². The van der Waals surface area contributed by atoms with Gasteiger partial charge in [-0.2, -0.15) is 0 Å². The third-order valence-corrected chi connectivity index (χ3v) is 1.01. The molecule has 0 heterocycles. The van der Waals surface area contributed by atoms with Gasteiger partial charge in [-0.05, 0) is 6.42 Å². The number of methoxy groups -OCH3 is 1. The molecular weight excluding hydrogens is 116 g/mol. The van der Waals surface area contributed by atoms with E-state index < -0.39 is 6.10 Å². The molecule has 0 rings (SSSR count). The van der Waals surface area contributed by atoms with Gasteiger partial charge in [0.05, 0.1) is 6.10 Å². The molecule has 52 valence electrons. The fraction of sp³-hybridized carbons (Fsp3) is 0.714. The zero-order valence-electron chi connectivity index (χ0n) is 5.63. The maximum Gasteiger partial charge on any atom is 0.0671 e. The lowest BCUT2D eigenvalue weighted by molar-refractivity contribution is 0.113. The number of aliphatic hydroxyl groups is 1. The molecule has 1 unspecified atom stereocenters. The highest BCUT2D eigenvalue weighted by atomic mass is 16.5. The van der Waals surface area contributed by atoms with Gasteiger partial charge >= 0.3 is 0 Å². The van der Waals surface area contributed by atoms with E-state index in [9.17, 15) is 0 Å². The molecule has 1 atom stereocenters. The van der Waals surface area contributed by atoms with Crippen molar-refractivity contribution in [3.05, 3.63) is 0 Å². The molecule has 0 radical (unpaired) electrons. The van der Waals surface area contributed by atoms with E-state index in [-0.39, 0.29) is 0 Å². The van der Waals surface area contributed by atoms with Crippen LogP contribution in [-0.4, -0.2) is 24.9 Å². The Balaban J connectivity index is 3.08. The minimum atomic E-state index is -0.394. The van der Waals surface area contributed by atoms with Crippen LogP contribution in [-0.2, 0) is 4.74 Å². The van der Waals surface area contributed by atoms with Crippen LogP contribution in [0.1, 0.15) is 12.8 Å². The van der Waals surface area contributed by atoms with Crippen molar-refractivity contribution in [2.45, 2.75) is 18.9 Å². The second-order valence-electron chi connectivity index (χ2n) is 1.84. The average Bonchev–Trinajstić information content (AvgIpc) is 1.85. The first kappa shape index (κ1) is 8.48. The van der Waals surface area contributed by atoms with Gasteiger partial charge in [0, 0.05) is 20.1 Å². The molecular formula is C7H12O2. The van der Waals surface area contributed by atoms with Gasteiger partial charge in [-0.1, -0.05) is 0 Å². The summed E-state index contributed by atoms with van der Waals surface area (Å²) in [6, 6.07) is 0. The first-order chi connectivity index (χ1) is 4.31. The van der Waals surface area contributed by atoms with Gasteiger partial charge in [0.25, 0.3) is 0 Å². The lowest BCUT2D eigenvalue weighted by Crippen LogP contribution is -2.08. The lowest BCUT2D eigenvalue weighted by atomic mass is 10.2. The predicted molar refractivity (Wildman–Crippen MR) is 35.9 cm³/mol. The maximum atomic E-state index is 8.96. The maximum absolute atomic E-state index is 8.96. The largest absolute Gasteiger partial charge is 0.392 e. The number of rotatable bonds is 4. The van der Waals surface area contributed by atoms with Gasteiger partial charge in [-0.15, -0.1) is 12.3 Å². The molecule has 0 aromatic heterocycles. The molecule has 2 nitrogen and oxygen atoms in total. The third kappa shape index (κ3) is 5.35. The van der Waals surface area contributed by atoms with Crippen LogP contribution in [0.4, 0.5) is 0 Å². The van der Waals surface area contributed by atoms with Crippen LogP contribution >= 0.6 is 0 Å². The molecule has 0 spiro atoms. The number of aliphatic hydroxyl groups excluding tert-OH is 1. The number of ether oxygens (including phenoxy) is 1. The van der Waals surface area contributed by atoms with Crippen LogP contribution < -0.4 is 0 Å². The van der Waals surface area contributed by atoms with Crippen LogP contribution in [0.5, 0.6) is 0 Å². The SMILES string of the molecule is C#CCC(O)CCOC. The van der Waals surface area contributed by atoms with Gasteiger partial charge in [-0.25, -0.2) is 0 Å². The molecule has 0 bridgehead atoms. The second-order valence-corrected chi connectivity index (χ2v) is 1.84. The van der Waals surface area contributed by atoms with Crippen molar-refractivity contribution in [3.8, 4) is 12.3 Å². The van der Waals surface area contributed by atoms with Gasteiger partial charge in [0.15, 0.2) is 0 Å². The molecule has 0 saturated carbocycles. The Morgan fingerprint density at radius 1 is 1.78 bits per heavy atom. The molecule has 0 aliphatic carbocycles. The Kier molecular flexibility index (Phi) is 5.29. The summed E-state index contributed by atoms with van der Waals surface area (Å²) >= 11 is 0. The van der Waals surface area contributed by atoms with Crippen LogP contribution in [0, 0.1) is 12.3 Å². The highest BCUT2D eigenvalue weighted by Crippen LogP contribution is 1.95. The topological polar surface area (TPSA) is 29.5 Å². The van der Waals surface area contributed by atoms with E-state index in [2.05, 4.69) is 5.92 Å². The van der Waals surface area contributed by atoms with Crippen LogP contribution in [0.3, 0.4) is 0 Å². The fourth-order valence-electron chi connectivity index (χ4n) is 0.492. The van der Waals surface area contributed by atoms with Gasteiger partial charge in [-0.3, -0.25) is 0 Å². The van der Waals surface area contributed by atoms with E-state index in [1.807, 2.05) is 0 Å². The summed E-state index contributed by atoms with van der Waals surface area (Å²) in [7, 11) is 1.60. The van der Waals surface area contributed by atoms with Crippen molar-refractivity contribution in [2.24, 2.45) is 0 Å². The Morgan fingerprint density at radius 3 is 2.89 bits per heavy atom. The zero-order chi connectivity index (χ0) is 7.11. The Hall–Kier alpha value is -0.520. The fourth-order valence-corrected chi connectivity index (χ4v) is 0.492. The summed E-state index contributed by atoms with van der Waals surface area (Å²) in [6.45, 7) is 0.572. The molecule has 0 fully saturated rings.